The van der Waals surface area contributed by atoms with Gasteiger partial charge in [0.15, 0.2) is 0 Å². The molecule has 2 saturated heterocycles. The van der Waals surface area contributed by atoms with E-state index < -0.39 is 5.91 Å². The Balaban J connectivity index is 1.72. The van der Waals surface area contributed by atoms with E-state index in [1.165, 1.54) is 25.7 Å². The average Bonchev–Trinajstić information content (AvgIpc) is 2.76. The van der Waals surface area contributed by atoms with Crippen molar-refractivity contribution < 1.29 is 4.79 Å². The number of piperidine rings is 1. The van der Waals surface area contributed by atoms with Crippen LogP contribution in [0.3, 0.4) is 0 Å². The third-order valence-electron chi connectivity index (χ3n) is 4.39. The van der Waals surface area contributed by atoms with Crippen molar-refractivity contribution in [1.29, 1.82) is 0 Å². The topological polar surface area (TPSA) is 71.2 Å². The lowest BCUT2D eigenvalue weighted by Crippen LogP contribution is -2.47. The van der Waals surface area contributed by atoms with E-state index in [9.17, 15) is 4.79 Å². The maximum absolute atomic E-state index is 11.0. The molecule has 2 bridgehead atoms. The van der Waals surface area contributed by atoms with Crippen LogP contribution in [0.2, 0.25) is 0 Å². The number of anilines is 1. The van der Waals surface area contributed by atoms with Crippen LogP contribution in [0.15, 0.2) is 18.3 Å². The van der Waals surface area contributed by atoms with E-state index in [1.54, 1.807) is 12.3 Å². The largest absolute Gasteiger partial charge is 0.366 e. The first-order chi connectivity index (χ1) is 9.13. The number of pyridine rings is 1. The third-order valence-corrected chi connectivity index (χ3v) is 4.39. The van der Waals surface area contributed by atoms with Crippen molar-refractivity contribution in [3.05, 3.63) is 23.9 Å². The molecule has 1 amide bonds. The molecule has 2 fully saturated rings. The van der Waals surface area contributed by atoms with Gasteiger partial charge in [-0.15, -0.1) is 0 Å². The van der Waals surface area contributed by atoms with Gasteiger partial charge in [0, 0.05) is 31.4 Å². The Morgan fingerprint density at radius 2 is 2.05 bits per heavy atom. The molecule has 1 aromatic rings. The molecule has 19 heavy (non-hydrogen) atoms. The smallest absolute Gasteiger partial charge is 0.250 e. The van der Waals surface area contributed by atoms with Crippen molar-refractivity contribution in [1.82, 2.24) is 10.3 Å². The predicted molar refractivity (Wildman–Crippen MR) is 74.1 cm³/mol. The maximum atomic E-state index is 11.0. The molecule has 0 radical (unpaired) electrons. The summed E-state index contributed by atoms with van der Waals surface area (Å²) in [4.78, 5) is 17.6. The average molecular weight is 260 g/mol. The van der Waals surface area contributed by atoms with Crippen molar-refractivity contribution in [2.24, 2.45) is 5.73 Å². The molecule has 2 aliphatic heterocycles. The van der Waals surface area contributed by atoms with Crippen molar-refractivity contribution in [3.63, 3.8) is 0 Å². The Hall–Kier alpha value is -1.62. The van der Waals surface area contributed by atoms with Gasteiger partial charge in [0.2, 0.25) is 5.91 Å². The molecule has 1 aromatic heterocycles. The second-order valence-electron chi connectivity index (χ2n) is 5.64. The van der Waals surface area contributed by atoms with Crippen molar-refractivity contribution in [2.75, 3.05) is 11.9 Å². The highest BCUT2D eigenvalue weighted by Crippen LogP contribution is 2.30. The molecule has 0 spiro atoms. The van der Waals surface area contributed by atoms with Crippen molar-refractivity contribution in [3.8, 4) is 0 Å². The van der Waals surface area contributed by atoms with Crippen LogP contribution >= 0.6 is 0 Å². The minimum atomic E-state index is -0.429. The molecule has 3 rings (SSSR count). The molecular weight excluding hydrogens is 240 g/mol. The number of nitrogens with one attached hydrogen (secondary N) is 1. The van der Waals surface area contributed by atoms with Crippen LogP contribution < -0.4 is 16.0 Å². The van der Waals surface area contributed by atoms with Gasteiger partial charge in [0.05, 0.1) is 5.56 Å². The minimum Gasteiger partial charge on any atom is -0.366 e. The Morgan fingerprint density at radius 1 is 1.37 bits per heavy atom. The van der Waals surface area contributed by atoms with E-state index in [1.807, 2.05) is 6.07 Å². The highest BCUT2D eigenvalue weighted by Gasteiger charge is 2.35. The lowest BCUT2D eigenvalue weighted by Gasteiger charge is -2.36. The molecule has 5 nitrogen and oxygen atoms in total. The number of carbonyl (C=O) groups is 1. The van der Waals surface area contributed by atoms with Crippen LogP contribution in [0, 0.1) is 0 Å². The number of nitrogens with zero attached hydrogens (tertiary/aromatic N) is 2. The second-order valence-corrected chi connectivity index (χ2v) is 5.64. The fourth-order valence-electron chi connectivity index (χ4n) is 3.27. The maximum Gasteiger partial charge on any atom is 0.250 e. The Morgan fingerprint density at radius 3 is 2.58 bits per heavy atom. The quantitative estimate of drug-likeness (QED) is 0.847. The van der Waals surface area contributed by atoms with E-state index in [0.29, 0.717) is 23.7 Å². The van der Waals surface area contributed by atoms with Crippen molar-refractivity contribution >= 4 is 11.7 Å². The standard InChI is InChI=1S/C14H20N4O/c1-18(12-6-10-3-4-11(7-12)17-10)13-5-2-9(8-16-13)14(15)19/h2,5,8,10-12,17H,3-4,6-7H2,1H3,(H2,15,19). The number of aromatic nitrogens is 1. The van der Waals surface area contributed by atoms with E-state index in [2.05, 4.69) is 22.2 Å². The Labute approximate surface area is 113 Å². The van der Waals surface area contributed by atoms with Crippen LogP contribution in [0.4, 0.5) is 5.82 Å². The normalized spacial score (nSPS) is 29.2. The highest BCUT2D eigenvalue weighted by molar-refractivity contribution is 5.92. The lowest BCUT2D eigenvalue weighted by molar-refractivity contribution is 0.1000. The van der Waals surface area contributed by atoms with E-state index >= 15 is 0 Å². The fraction of sp³-hybridized carbons (Fsp3) is 0.571. The summed E-state index contributed by atoms with van der Waals surface area (Å²) >= 11 is 0. The molecular formula is C14H20N4O. The van der Waals surface area contributed by atoms with Gasteiger partial charge < -0.3 is 16.0 Å². The number of fused-ring (bicyclic) bond motifs is 2. The zero-order valence-corrected chi connectivity index (χ0v) is 11.2. The molecule has 0 saturated carbocycles. The van der Waals surface area contributed by atoms with Gasteiger partial charge in [-0.2, -0.15) is 0 Å². The Bertz CT molecular complexity index is 461. The van der Waals surface area contributed by atoms with Gasteiger partial charge in [-0.3, -0.25) is 4.79 Å². The van der Waals surface area contributed by atoms with Gasteiger partial charge >= 0.3 is 0 Å². The van der Waals surface area contributed by atoms with Gasteiger partial charge in [0.1, 0.15) is 5.82 Å². The van der Waals surface area contributed by atoms with Crippen LogP contribution in [-0.4, -0.2) is 36.1 Å². The minimum absolute atomic E-state index is 0.429. The van der Waals surface area contributed by atoms with E-state index in [4.69, 9.17) is 5.73 Å². The molecule has 0 aliphatic carbocycles. The number of primary amides is 1. The summed E-state index contributed by atoms with van der Waals surface area (Å²) in [5.74, 6) is 0.484. The zero-order chi connectivity index (χ0) is 13.4. The number of hydrogen-bond acceptors (Lipinski definition) is 4. The Kier molecular flexibility index (Phi) is 3.14. The number of nitrogens with two attached hydrogens (primary N) is 1. The van der Waals surface area contributed by atoms with E-state index in [-0.39, 0.29) is 0 Å². The summed E-state index contributed by atoms with van der Waals surface area (Å²) in [6.07, 6.45) is 6.49. The molecule has 5 heteroatoms. The summed E-state index contributed by atoms with van der Waals surface area (Å²) in [5.41, 5.74) is 5.69. The molecule has 0 aromatic carbocycles. The molecule has 3 heterocycles. The summed E-state index contributed by atoms with van der Waals surface area (Å²) in [6.45, 7) is 0. The summed E-state index contributed by atoms with van der Waals surface area (Å²) in [6, 6.07) is 5.49. The highest BCUT2D eigenvalue weighted by atomic mass is 16.1. The lowest BCUT2D eigenvalue weighted by atomic mass is 9.98. The monoisotopic (exact) mass is 260 g/mol. The molecule has 2 atom stereocenters. The third kappa shape index (κ3) is 2.42. The number of amides is 1. The molecule has 102 valence electrons. The first-order valence-corrected chi connectivity index (χ1v) is 6.88. The first-order valence-electron chi connectivity index (χ1n) is 6.88. The van der Waals surface area contributed by atoms with Crippen LogP contribution in [0.1, 0.15) is 36.0 Å². The fourth-order valence-corrected chi connectivity index (χ4v) is 3.27. The number of carbonyl (C=O) groups excluding carboxylic acids is 1. The SMILES string of the molecule is CN(c1ccc(C(N)=O)cn1)C1CC2CCC(C1)N2. The van der Waals surface area contributed by atoms with Gasteiger partial charge in [-0.05, 0) is 37.8 Å². The summed E-state index contributed by atoms with van der Waals surface area (Å²) in [5, 5.41) is 3.64. The first kappa shape index (κ1) is 12.4. The van der Waals surface area contributed by atoms with Crippen molar-refractivity contribution in [2.45, 2.75) is 43.8 Å². The molecule has 2 aliphatic rings. The van der Waals surface area contributed by atoms with E-state index in [0.717, 1.165) is 5.82 Å². The summed E-state index contributed by atoms with van der Waals surface area (Å²) in [7, 11) is 2.09. The van der Waals surface area contributed by atoms with Crippen LogP contribution in [-0.2, 0) is 0 Å². The van der Waals surface area contributed by atoms with Crippen LogP contribution in [0.5, 0.6) is 0 Å². The van der Waals surface area contributed by atoms with Crippen LogP contribution in [0.25, 0.3) is 0 Å². The number of rotatable bonds is 3. The summed E-state index contributed by atoms with van der Waals surface area (Å²) < 4.78 is 0. The van der Waals surface area contributed by atoms with Gasteiger partial charge in [0.25, 0.3) is 0 Å². The predicted octanol–water partition coefficient (Wildman–Crippen LogP) is 0.900. The molecule has 2 unspecified atom stereocenters. The zero-order valence-electron chi connectivity index (χ0n) is 11.2. The van der Waals surface area contributed by atoms with Gasteiger partial charge in [-0.1, -0.05) is 0 Å². The number of hydrogen-bond donors (Lipinski definition) is 2. The second kappa shape index (κ2) is 4.81. The van der Waals surface area contributed by atoms with Gasteiger partial charge in [-0.25, -0.2) is 4.98 Å². The molecule has 3 N–H and O–H groups in total.